The van der Waals surface area contributed by atoms with E-state index in [9.17, 15) is 14.9 Å². The minimum Gasteiger partial charge on any atom is -0.490 e. The second kappa shape index (κ2) is 12.4. The average Bonchev–Trinajstić information content (AvgIpc) is 2.87. The molecule has 0 aliphatic carbocycles. The van der Waals surface area contributed by atoms with Crippen molar-refractivity contribution in [2.75, 3.05) is 19.0 Å². The Bertz CT molecular complexity index is 1280. The molecule has 0 spiro atoms. The van der Waals surface area contributed by atoms with Gasteiger partial charge in [-0.1, -0.05) is 40.2 Å². The van der Waals surface area contributed by atoms with Crippen LogP contribution in [0.2, 0.25) is 0 Å². The zero-order valence-electron chi connectivity index (χ0n) is 19.2. The molecule has 0 saturated heterocycles. The topological polar surface area (TPSA) is 97.7 Å². The van der Waals surface area contributed by atoms with Crippen molar-refractivity contribution in [2.24, 2.45) is 0 Å². The Morgan fingerprint density at radius 1 is 1.03 bits per heavy atom. The Balaban J connectivity index is 1.76. The molecule has 8 heteroatoms. The van der Waals surface area contributed by atoms with E-state index in [0.29, 0.717) is 41.5 Å². The minimum absolute atomic E-state index is 0.0913. The van der Waals surface area contributed by atoms with Crippen LogP contribution in [0.15, 0.2) is 76.8 Å². The number of nitrogens with one attached hydrogen (secondary N) is 1. The van der Waals surface area contributed by atoms with E-state index in [1.54, 1.807) is 30.3 Å². The number of anilines is 1. The van der Waals surface area contributed by atoms with Gasteiger partial charge in [0.05, 0.1) is 19.3 Å². The van der Waals surface area contributed by atoms with E-state index in [1.807, 2.05) is 37.3 Å². The molecule has 1 N–H and O–H groups in total. The molecule has 3 aromatic carbocycles. The van der Waals surface area contributed by atoms with E-state index < -0.39 is 11.9 Å². The Kier molecular flexibility index (Phi) is 9.04. The lowest BCUT2D eigenvalue weighted by atomic mass is 10.1. The molecule has 0 unspecified atom stereocenters. The van der Waals surface area contributed by atoms with Gasteiger partial charge in [0.1, 0.15) is 18.2 Å². The van der Waals surface area contributed by atoms with Crippen LogP contribution >= 0.6 is 15.9 Å². The average molecular weight is 535 g/mol. The number of amides is 1. The molecule has 0 aliphatic heterocycles. The van der Waals surface area contributed by atoms with Crippen LogP contribution in [-0.2, 0) is 16.1 Å². The fourth-order valence-electron chi connectivity index (χ4n) is 3.09. The number of carbonyl (C=O) groups excluding carboxylic acids is 2. The molecule has 0 atom stereocenters. The van der Waals surface area contributed by atoms with Crippen LogP contribution < -0.4 is 14.8 Å². The number of esters is 1. The van der Waals surface area contributed by atoms with Crippen LogP contribution in [0.25, 0.3) is 6.08 Å². The third-order valence-electron chi connectivity index (χ3n) is 4.85. The van der Waals surface area contributed by atoms with Gasteiger partial charge in [-0.05, 0) is 61.0 Å². The van der Waals surface area contributed by atoms with Gasteiger partial charge in [-0.15, -0.1) is 0 Å². The molecule has 178 valence electrons. The van der Waals surface area contributed by atoms with Crippen molar-refractivity contribution in [3.05, 3.63) is 93.5 Å². The van der Waals surface area contributed by atoms with Crippen molar-refractivity contribution < 1.29 is 23.8 Å². The smallest absolute Gasteiger partial charge is 0.337 e. The SMILES string of the molecule is CCOc1cc(/C=C(\C#N)C(=O)Nc2ccc(C(=O)OC)cc2)ccc1OCc1ccccc1Br. The van der Waals surface area contributed by atoms with Gasteiger partial charge in [0.2, 0.25) is 0 Å². The summed E-state index contributed by atoms with van der Waals surface area (Å²) in [7, 11) is 1.29. The Morgan fingerprint density at radius 2 is 1.77 bits per heavy atom. The summed E-state index contributed by atoms with van der Waals surface area (Å²) in [6, 6.07) is 21.1. The Labute approximate surface area is 212 Å². The van der Waals surface area contributed by atoms with Crippen LogP contribution in [0, 0.1) is 11.3 Å². The van der Waals surface area contributed by atoms with Crippen molar-refractivity contribution in [3.8, 4) is 17.6 Å². The Morgan fingerprint density at radius 3 is 2.43 bits per heavy atom. The Hall–Kier alpha value is -4.09. The van der Waals surface area contributed by atoms with Crippen molar-refractivity contribution in [1.29, 1.82) is 5.26 Å². The van der Waals surface area contributed by atoms with Gasteiger partial charge in [0, 0.05) is 15.7 Å². The monoisotopic (exact) mass is 534 g/mol. The number of nitrogens with zero attached hydrogens (tertiary/aromatic N) is 1. The maximum atomic E-state index is 12.6. The fraction of sp³-hybridized carbons (Fsp3) is 0.148. The highest BCUT2D eigenvalue weighted by Crippen LogP contribution is 2.31. The van der Waals surface area contributed by atoms with Crippen LogP contribution in [-0.4, -0.2) is 25.6 Å². The van der Waals surface area contributed by atoms with Crippen molar-refractivity contribution in [3.63, 3.8) is 0 Å². The van der Waals surface area contributed by atoms with E-state index in [4.69, 9.17) is 9.47 Å². The highest BCUT2D eigenvalue weighted by atomic mass is 79.9. The van der Waals surface area contributed by atoms with E-state index in [0.717, 1.165) is 10.0 Å². The molecule has 0 saturated carbocycles. The number of hydrogen-bond donors (Lipinski definition) is 1. The van der Waals surface area contributed by atoms with Crippen LogP contribution in [0.5, 0.6) is 11.5 Å². The molecule has 1 amide bonds. The number of rotatable bonds is 9. The standard InChI is InChI=1S/C27H23BrN2O5/c1-3-34-25-15-18(8-13-24(25)35-17-20-6-4-5-7-23(20)28)14-21(16-29)26(31)30-22-11-9-19(10-12-22)27(32)33-2/h4-15H,3,17H2,1-2H3,(H,30,31)/b21-14+. The molecule has 0 aromatic heterocycles. The summed E-state index contributed by atoms with van der Waals surface area (Å²) < 4.78 is 17.3. The quantitative estimate of drug-likeness (QED) is 0.213. The molecule has 35 heavy (non-hydrogen) atoms. The van der Waals surface area contributed by atoms with Gasteiger partial charge < -0.3 is 19.5 Å². The van der Waals surface area contributed by atoms with Gasteiger partial charge in [0.15, 0.2) is 11.5 Å². The molecular weight excluding hydrogens is 512 g/mol. The number of ether oxygens (including phenoxy) is 3. The molecule has 7 nitrogen and oxygen atoms in total. The van der Waals surface area contributed by atoms with Gasteiger partial charge in [0.25, 0.3) is 5.91 Å². The molecule has 0 heterocycles. The number of halogens is 1. The molecular formula is C27H23BrN2O5. The summed E-state index contributed by atoms with van der Waals surface area (Å²) in [6.45, 7) is 2.63. The third kappa shape index (κ3) is 6.95. The van der Waals surface area contributed by atoms with Gasteiger partial charge in [-0.3, -0.25) is 4.79 Å². The largest absolute Gasteiger partial charge is 0.490 e. The highest BCUT2D eigenvalue weighted by molar-refractivity contribution is 9.10. The number of carbonyl (C=O) groups is 2. The normalized spacial score (nSPS) is 10.7. The predicted molar refractivity (Wildman–Crippen MR) is 136 cm³/mol. The van der Waals surface area contributed by atoms with Crippen LogP contribution in [0.1, 0.15) is 28.4 Å². The summed E-state index contributed by atoms with van der Waals surface area (Å²) in [6.07, 6.45) is 1.47. The lowest BCUT2D eigenvalue weighted by molar-refractivity contribution is -0.112. The first kappa shape index (κ1) is 25.5. The van der Waals surface area contributed by atoms with E-state index in [1.165, 1.54) is 25.3 Å². The maximum absolute atomic E-state index is 12.6. The second-order valence-corrected chi connectivity index (χ2v) is 8.07. The third-order valence-corrected chi connectivity index (χ3v) is 5.62. The van der Waals surface area contributed by atoms with E-state index in [2.05, 4.69) is 26.0 Å². The molecule has 0 aliphatic rings. The summed E-state index contributed by atoms with van der Waals surface area (Å²) in [5.74, 6) is -0.00208. The first-order valence-electron chi connectivity index (χ1n) is 10.7. The fourth-order valence-corrected chi connectivity index (χ4v) is 3.49. The summed E-state index contributed by atoms with van der Waals surface area (Å²) >= 11 is 3.51. The lowest BCUT2D eigenvalue weighted by Gasteiger charge is -2.13. The summed E-state index contributed by atoms with van der Waals surface area (Å²) in [5.41, 5.74) is 2.30. The van der Waals surface area contributed by atoms with Gasteiger partial charge >= 0.3 is 5.97 Å². The summed E-state index contributed by atoms with van der Waals surface area (Å²) in [5, 5.41) is 12.2. The zero-order valence-corrected chi connectivity index (χ0v) is 20.8. The van der Waals surface area contributed by atoms with Crippen molar-refractivity contribution in [2.45, 2.75) is 13.5 Å². The molecule has 3 rings (SSSR count). The first-order valence-corrected chi connectivity index (χ1v) is 11.5. The molecule has 3 aromatic rings. The minimum atomic E-state index is -0.578. The van der Waals surface area contributed by atoms with E-state index in [-0.39, 0.29) is 5.57 Å². The van der Waals surface area contributed by atoms with Crippen molar-refractivity contribution in [1.82, 2.24) is 0 Å². The molecule has 0 fully saturated rings. The van der Waals surface area contributed by atoms with E-state index >= 15 is 0 Å². The first-order chi connectivity index (χ1) is 16.9. The van der Waals surface area contributed by atoms with Gasteiger partial charge in [-0.2, -0.15) is 5.26 Å². The number of benzene rings is 3. The summed E-state index contributed by atoms with van der Waals surface area (Å²) in [4.78, 5) is 24.2. The predicted octanol–water partition coefficient (Wildman–Crippen LogP) is 5.76. The maximum Gasteiger partial charge on any atom is 0.337 e. The van der Waals surface area contributed by atoms with Gasteiger partial charge in [-0.25, -0.2) is 4.79 Å². The molecule has 0 radical (unpaired) electrons. The second-order valence-electron chi connectivity index (χ2n) is 7.21. The number of methoxy groups -OCH3 is 1. The number of hydrogen-bond acceptors (Lipinski definition) is 6. The zero-order chi connectivity index (χ0) is 25.2. The van der Waals surface area contributed by atoms with Crippen molar-refractivity contribution >= 4 is 39.6 Å². The highest BCUT2D eigenvalue weighted by Gasteiger charge is 2.13. The van der Waals surface area contributed by atoms with Crippen LogP contribution in [0.3, 0.4) is 0 Å². The lowest BCUT2D eigenvalue weighted by Crippen LogP contribution is -2.13. The van der Waals surface area contributed by atoms with Crippen LogP contribution in [0.4, 0.5) is 5.69 Å². The number of nitriles is 1. The molecule has 0 bridgehead atoms.